The number of hydrogen-bond acceptors (Lipinski definition) is 6. The summed E-state index contributed by atoms with van der Waals surface area (Å²) < 4.78 is 0. The van der Waals surface area contributed by atoms with E-state index in [0.29, 0.717) is 40.4 Å². The van der Waals surface area contributed by atoms with Crippen LogP contribution in [-0.2, 0) is 0 Å². The van der Waals surface area contributed by atoms with Crippen LogP contribution in [0.3, 0.4) is 0 Å². The number of primary amides is 1. The van der Waals surface area contributed by atoms with E-state index in [9.17, 15) is 14.4 Å². The molecule has 3 heterocycles. The van der Waals surface area contributed by atoms with Crippen LogP contribution >= 0.6 is 0 Å². The first-order chi connectivity index (χ1) is 17.5. The molecule has 1 aromatic carbocycles. The highest BCUT2D eigenvalue weighted by Crippen LogP contribution is 2.39. The highest BCUT2D eigenvalue weighted by Gasteiger charge is 2.42. The summed E-state index contributed by atoms with van der Waals surface area (Å²) in [5, 5.41) is 6.54. The van der Waals surface area contributed by atoms with Gasteiger partial charge in [-0.3, -0.25) is 14.4 Å². The zero-order valence-corrected chi connectivity index (χ0v) is 20.4. The maximum absolute atomic E-state index is 13.1. The molecule has 4 N–H and O–H groups in total. The third-order valence-electron chi connectivity index (χ3n) is 8.14. The molecule has 3 atom stereocenters. The van der Waals surface area contributed by atoms with Crippen molar-refractivity contribution in [2.24, 2.45) is 17.6 Å². The van der Waals surface area contributed by atoms with Crippen LogP contribution < -0.4 is 21.3 Å². The van der Waals surface area contributed by atoms with Gasteiger partial charge in [0.2, 0.25) is 0 Å². The number of ketones is 1. The van der Waals surface area contributed by atoms with E-state index in [2.05, 4.69) is 20.5 Å². The summed E-state index contributed by atoms with van der Waals surface area (Å²) in [7, 11) is 0. The molecule has 2 aliphatic heterocycles. The van der Waals surface area contributed by atoms with Crippen molar-refractivity contribution in [1.29, 1.82) is 0 Å². The van der Waals surface area contributed by atoms with Gasteiger partial charge in [-0.1, -0.05) is 0 Å². The molecule has 1 unspecified atom stereocenters. The quantitative estimate of drug-likeness (QED) is 0.466. The monoisotopic (exact) mass is 487 g/mol. The molecule has 2 aromatic rings. The smallest absolute Gasteiger partial charge is 0.251 e. The van der Waals surface area contributed by atoms with Gasteiger partial charge in [0, 0.05) is 53.6 Å². The molecular weight excluding hydrogens is 454 g/mol. The van der Waals surface area contributed by atoms with Crippen molar-refractivity contribution >= 4 is 29.1 Å². The number of aromatic nitrogens is 1. The number of amides is 2. The molecule has 0 radical (unpaired) electrons. The number of nitrogens with one attached hydrogen (secondary N) is 2. The molecule has 4 fully saturated rings. The second-order valence-corrected chi connectivity index (χ2v) is 10.9. The lowest BCUT2D eigenvalue weighted by Crippen LogP contribution is -2.50. The second kappa shape index (κ2) is 9.22. The minimum absolute atomic E-state index is 0.0839. The Hall–Kier alpha value is -3.42. The van der Waals surface area contributed by atoms with Gasteiger partial charge in [-0.05, 0) is 87.6 Å². The zero-order valence-electron chi connectivity index (χ0n) is 20.4. The Kier molecular flexibility index (Phi) is 5.90. The molecule has 8 heteroatoms. The summed E-state index contributed by atoms with van der Waals surface area (Å²) >= 11 is 0. The van der Waals surface area contributed by atoms with Crippen LogP contribution in [0.15, 0.2) is 36.5 Å². The Morgan fingerprint density at radius 2 is 1.67 bits per heavy atom. The third-order valence-corrected chi connectivity index (χ3v) is 8.14. The van der Waals surface area contributed by atoms with Crippen LogP contribution in [0.4, 0.5) is 11.5 Å². The number of benzene rings is 1. The van der Waals surface area contributed by atoms with Gasteiger partial charge in [0.15, 0.2) is 5.78 Å². The number of anilines is 2. The first-order valence-corrected chi connectivity index (χ1v) is 13.2. The van der Waals surface area contributed by atoms with Crippen molar-refractivity contribution in [3.63, 3.8) is 0 Å². The van der Waals surface area contributed by atoms with Crippen molar-refractivity contribution in [3.05, 3.63) is 53.2 Å². The molecular formula is C28H33N5O3. The molecule has 6 rings (SSSR count). The van der Waals surface area contributed by atoms with Gasteiger partial charge in [0.05, 0.1) is 5.56 Å². The van der Waals surface area contributed by atoms with Gasteiger partial charge in [-0.2, -0.15) is 0 Å². The summed E-state index contributed by atoms with van der Waals surface area (Å²) in [6.45, 7) is 0.789. The fourth-order valence-corrected chi connectivity index (χ4v) is 5.83. The predicted molar refractivity (Wildman–Crippen MR) is 137 cm³/mol. The molecule has 8 nitrogen and oxygen atoms in total. The standard InChI is InChI=1S/C28H33N5O3/c29-27(35)23-9-5-18(11-24(23)30-14-16-1-2-16)28(36)32-20-12-21-7-8-22(13-20)33(21)25-10-6-19(15-31-25)26(34)17-3-4-17/h5-6,9-11,15-17,20-22,30H,1-4,7-8,12-14H2,(H2,29,35)(H,32,36)/t20?,21-,22+. The van der Waals surface area contributed by atoms with Gasteiger partial charge < -0.3 is 21.3 Å². The number of Topliss-reactive ketones (excluding diaryl/α,β-unsaturated/α-hetero) is 1. The van der Waals surface area contributed by atoms with Crippen molar-refractivity contribution in [2.45, 2.75) is 69.5 Å². The molecule has 2 saturated carbocycles. The number of carbonyl (C=O) groups excluding carboxylic acids is 3. The third kappa shape index (κ3) is 4.68. The number of carbonyl (C=O) groups is 3. The Morgan fingerprint density at radius 1 is 0.944 bits per heavy atom. The van der Waals surface area contributed by atoms with Crippen molar-refractivity contribution < 1.29 is 14.4 Å². The normalized spacial score (nSPS) is 24.9. The molecule has 2 aliphatic carbocycles. The molecule has 0 spiro atoms. The van der Waals surface area contributed by atoms with Crippen LogP contribution in [0.2, 0.25) is 0 Å². The summed E-state index contributed by atoms with van der Waals surface area (Å²) in [5.41, 5.74) is 7.83. The molecule has 4 aliphatic rings. The van der Waals surface area contributed by atoms with Crippen molar-refractivity contribution in [2.75, 3.05) is 16.8 Å². The lowest BCUT2D eigenvalue weighted by Gasteiger charge is -2.40. The van der Waals surface area contributed by atoms with E-state index in [1.807, 2.05) is 12.1 Å². The lowest BCUT2D eigenvalue weighted by atomic mass is 9.96. The molecule has 2 bridgehead atoms. The fourth-order valence-electron chi connectivity index (χ4n) is 5.83. The van der Waals surface area contributed by atoms with E-state index in [1.165, 1.54) is 12.8 Å². The fraction of sp³-hybridized carbons (Fsp3) is 0.500. The summed E-state index contributed by atoms with van der Waals surface area (Å²) in [5.74, 6) is 1.35. The number of rotatable bonds is 9. The highest BCUT2D eigenvalue weighted by molar-refractivity contribution is 6.02. The Balaban J connectivity index is 1.10. The van der Waals surface area contributed by atoms with E-state index in [0.717, 1.165) is 50.9 Å². The summed E-state index contributed by atoms with van der Waals surface area (Å²) in [6, 6.07) is 9.69. The Morgan fingerprint density at radius 3 is 2.28 bits per heavy atom. The van der Waals surface area contributed by atoms with E-state index >= 15 is 0 Å². The minimum atomic E-state index is -0.497. The van der Waals surface area contributed by atoms with Gasteiger partial charge in [0.25, 0.3) is 11.8 Å². The molecule has 36 heavy (non-hydrogen) atoms. The molecule has 188 valence electrons. The Labute approximate surface area is 211 Å². The lowest BCUT2D eigenvalue weighted by molar-refractivity contribution is 0.0924. The average Bonchev–Trinajstić information content (AvgIpc) is 3.80. The van der Waals surface area contributed by atoms with E-state index in [-0.39, 0.29) is 23.7 Å². The Bertz CT molecular complexity index is 1170. The number of fused-ring (bicyclic) bond motifs is 2. The first-order valence-electron chi connectivity index (χ1n) is 13.2. The van der Waals surface area contributed by atoms with E-state index < -0.39 is 5.91 Å². The number of nitrogens with two attached hydrogens (primary N) is 1. The molecule has 2 saturated heterocycles. The number of hydrogen-bond donors (Lipinski definition) is 3. The average molecular weight is 488 g/mol. The van der Waals surface area contributed by atoms with E-state index in [1.54, 1.807) is 24.4 Å². The van der Waals surface area contributed by atoms with Crippen LogP contribution in [-0.4, -0.2) is 47.3 Å². The van der Waals surface area contributed by atoms with Crippen LogP contribution in [0.1, 0.15) is 82.4 Å². The van der Waals surface area contributed by atoms with Crippen LogP contribution in [0.25, 0.3) is 0 Å². The second-order valence-electron chi connectivity index (χ2n) is 10.9. The first kappa shape index (κ1) is 23.0. The van der Waals surface area contributed by atoms with Crippen molar-refractivity contribution in [3.8, 4) is 0 Å². The summed E-state index contributed by atoms with van der Waals surface area (Å²) in [6.07, 6.45) is 9.98. The topological polar surface area (TPSA) is 117 Å². The van der Waals surface area contributed by atoms with E-state index in [4.69, 9.17) is 5.73 Å². The highest BCUT2D eigenvalue weighted by atomic mass is 16.2. The van der Waals surface area contributed by atoms with Crippen molar-refractivity contribution in [1.82, 2.24) is 10.3 Å². The van der Waals surface area contributed by atoms with Crippen LogP contribution in [0, 0.1) is 11.8 Å². The molecule has 1 aromatic heterocycles. The van der Waals surface area contributed by atoms with Crippen LogP contribution in [0.5, 0.6) is 0 Å². The van der Waals surface area contributed by atoms with Gasteiger partial charge in [-0.15, -0.1) is 0 Å². The summed E-state index contributed by atoms with van der Waals surface area (Å²) in [4.78, 5) is 44.3. The number of piperidine rings is 1. The maximum atomic E-state index is 13.1. The largest absolute Gasteiger partial charge is 0.384 e. The SMILES string of the molecule is NC(=O)c1ccc(C(=O)NC2C[C@H]3CC[C@@H](C2)N3c2ccc(C(=O)C3CC3)cn2)cc1NCC1CC1. The predicted octanol–water partition coefficient (Wildman–Crippen LogP) is 3.52. The molecule has 2 amide bonds. The number of nitrogens with zero attached hydrogens (tertiary/aromatic N) is 2. The van der Waals surface area contributed by atoms with Gasteiger partial charge in [-0.25, -0.2) is 4.98 Å². The van der Waals surface area contributed by atoms with Gasteiger partial charge in [0.1, 0.15) is 5.82 Å². The number of pyridine rings is 1. The minimum Gasteiger partial charge on any atom is -0.384 e. The maximum Gasteiger partial charge on any atom is 0.251 e. The zero-order chi connectivity index (χ0) is 24.8. The van der Waals surface area contributed by atoms with Gasteiger partial charge >= 0.3 is 0 Å².